The lowest BCUT2D eigenvalue weighted by Gasteiger charge is -2.08. The lowest BCUT2D eigenvalue weighted by molar-refractivity contribution is 0.689. The molecule has 1 aromatic heterocycles. The maximum absolute atomic E-state index is 6.16. The van der Waals surface area contributed by atoms with Gasteiger partial charge in [-0.05, 0) is 36.7 Å². The van der Waals surface area contributed by atoms with Gasteiger partial charge in [-0.15, -0.1) is 0 Å². The fourth-order valence-corrected chi connectivity index (χ4v) is 3.01. The Morgan fingerprint density at radius 2 is 1.71 bits per heavy atom. The van der Waals surface area contributed by atoms with Crippen LogP contribution in [-0.2, 0) is 13.0 Å². The van der Waals surface area contributed by atoms with E-state index in [1.54, 1.807) is 0 Å². The summed E-state index contributed by atoms with van der Waals surface area (Å²) in [6, 6.07) is 13.9. The number of para-hydroxylation sites is 1. The van der Waals surface area contributed by atoms with Crippen molar-refractivity contribution in [2.75, 3.05) is 6.54 Å². The first-order valence-corrected chi connectivity index (χ1v) is 7.70. The molecule has 2 nitrogen and oxygen atoms in total. The first-order chi connectivity index (χ1) is 10.3. The standard InChI is InChI=1S/C17H16Cl2N2/c18-15-5-3-6-16(19)14(15)11-20-9-8-12-10-21-17-7-2-1-4-13(12)17/h1-7,10,20-21H,8-9,11H2. The SMILES string of the molecule is Clc1cccc(Cl)c1CNCCc1c[nH]c2ccccc12. The Morgan fingerprint density at radius 3 is 2.52 bits per heavy atom. The maximum atomic E-state index is 6.16. The average Bonchev–Trinajstić information content (AvgIpc) is 2.89. The quantitative estimate of drug-likeness (QED) is 0.649. The van der Waals surface area contributed by atoms with E-state index in [9.17, 15) is 0 Å². The highest BCUT2D eigenvalue weighted by Gasteiger charge is 2.05. The summed E-state index contributed by atoms with van der Waals surface area (Å²) in [6.07, 6.45) is 3.04. The van der Waals surface area contributed by atoms with Crippen LogP contribution in [-0.4, -0.2) is 11.5 Å². The molecule has 1 heterocycles. The van der Waals surface area contributed by atoms with Crippen LogP contribution in [0.4, 0.5) is 0 Å². The van der Waals surface area contributed by atoms with E-state index in [-0.39, 0.29) is 0 Å². The van der Waals surface area contributed by atoms with Crippen molar-refractivity contribution >= 4 is 34.1 Å². The van der Waals surface area contributed by atoms with E-state index in [1.165, 1.54) is 16.5 Å². The lowest BCUT2D eigenvalue weighted by Crippen LogP contribution is -2.17. The summed E-state index contributed by atoms with van der Waals surface area (Å²) in [6.45, 7) is 1.56. The molecule has 21 heavy (non-hydrogen) atoms. The number of nitrogens with one attached hydrogen (secondary N) is 2. The van der Waals surface area contributed by atoms with Crippen LogP contribution >= 0.6 is 23.2 Å². The molecule has 0 saturated carbocycles. The van der Waals surface area contributed by atoms with E-state index in [2.05, 4.69) is 34.7 Å². The van der Waals surface area contributed by atoms with Gasteiger partial charge in [0.1, 0.15) is 0 Å². The molecule has 4 heteroatoms. The fraction of sp³-hybridized carbons (Fsp3) is 0.176. The van der Waals surface area contributed by atoms with Gasteiger partial charge in [0.15, 0.2) is 0 Å². The van der Waals surface area contributed by atoms with Crippen LogP contribution in [0.2, 0.25) is 10.0 Å². The Kier molecular flexibility index (Phi) is 4.49. The predicted molar refractivity (Wildman–Crippen MR) is 90.2 cm³/mol. The number of fused-ring (bicyclic) bond motifs is 1. The van der Waals surface area contributed by atoms with Crippen molar-refractivity contribution in [1.82, 2.24) is 10.3 Å². The topological polar surface area (TPSA) is 27.8 Å². The molecule has 0 spiro atoms. The molecule has 0 radical (unpaired) electrons. The van der Waals surface area contributed by atoms with Crippen LogP contribution in [0.25, 0.3) is 10.9 Å². The minimum atomic E-state index is 0.681. The van der Waals surface area contributed by atoms with Crippen molar-refractivity contribution in [3.8, 4) is 0 Å². The van der Waals surface area contributed by atoms with Gasteiger partial charge in [-0.2, -0.15) is 0 Å². The van der Waals surface area contributed by atoms with Crippen molar-refractivity contribution in [3.63, 3.8) is 0 Å². The molecule has 0 aliphatic heterocycles. The molecule has 0 fully saturated rings. The second-order valence-electron chi connectivity index (χ2n) is 4.99. The molecule has 0 unspecified atom stereocenters. The van der Waals surface area contributed by atoms with E-state index in [4.69, 9.17) is 23.2 Å². The van der Waals surface area contributed by atoms with Crippen LogP contribution < -0.4 is 5.32 Å². The molecule has 0 aliphatic carbocycles. The first kappa shape index (κ1) is 14.5. The molecule has 3 rings (SSSR count). The van der Waals surface area contributed by atoms with E-state index in [0.717, 1.165) is 18.5 Å². The van der Waals surface area contributed by atoms with Crippen LogP contribution in [0, 0.1) is 0 Å². The highest BCUT2D eigenvalue weighted by atomic mass is 35.5. The maximum Gasteiger partial charge on any atom is 0.0465 e. The third-order valence-corrected chi connectivity index (χ3v) is 4.32. The molecule has 3 aromatic rings. The van der Waals surface area contributed by atoms with Crippen LogP contribution in [0.3, 0.4) is 0 Å². The van der Waals surface area contributed by atoms with Gasteiger partial charge < -0.3 is 10.3 Å². The zero-order valence-corrected chi connectivity index (χ0v) is 13.0. The summed E-state index contributed by atoms with van der Waals surface area (Å²) in [5, 5.41) is 6.11. The minimum Gasteiger partial charge on any atom is -0.361 e. The normalized spacial score (nSPS) is 11.1. The summed E-state index contributed by atoms with van der Waals surface area (Å²) in [5.41, 5.74) is 3.46. The summed E-state index contributed by atoms with van der Waals surface area (Å²) < 4.78 is 0. The van der Waals surface area contributed by atoms with Crippen molar-refractivity contribution in [1.29, 1.82) is 0 Å². The molecule has 2 aromatic carbocycles. The third kappa shape index (κ3) is 3.24. The van der Waals surface area contributed by atoms with Crippen molar-refractivity contribution in [3.05, 3.63) is 69.8 Å². The molecule has 0 amide bonds. The second kappa shape index (κ2) is 6.52. The number of hydrogen-bond donors (Lipinski definition) is 2. The van der Waals surface area contributed by atoms with E-state index < -0.39 is 0 Å². The molecule has 2 N–H and O–H groups in total. The molecule has 0 aliphatic rings. The van der Waals surface area contributed by atoms with Crippen LogP contribution in [0.1, 0.15) is 11.1 Å². The van der Waals surface area contributed by atoms with Gasteiger partial charge in [0.25, 0.3) is 0 Å². The van der Waals surface area contributed by atoms with E-state index >= 15 is 0 Å². The van der Waals surface area contributed by atoms with Gasteiger partial charge in [0, 0.05) is 39.3 Å². The van der Waals surface area contributed by atoms with Crippen molar-refractivity contribution in [2.24, 2.45) is 0 Å². The second-order valence-corrected chi connectivity index (χ2v) is 5.80. The Morgan fingerprint density at radius 1 is 0.952 bits per heavy atom. The number of benzene rings is 2. The molecular formula is C17H16Cl2N2. The van der Waals surface area contributed by atoms with E-state index in [0.29, 0.717) is 16.6 Å². The Balaban J connectivity index is 1.59. The number of halogens is 2. The molecule has 0 atom stereocenters. The van der Waals surface area contributed by atoms with E-state index in [1.807, 2.05) is 24.3 Å². The molecule has 0 bridgehead atoms. The number of H-pyrrole nitrogens is 1. The Bertz CT molecular complexity index is 729. The zero-order valence-electron chi connectivity index (χ0n) is 11.5. The van der Waals surface area contributed by atoms with Gasteiger partial charge in [0.05, 0.1) is 0 Å². The van der Waals surface area contributed by atoms with Crippen molar-refractivity contribution < 1.29 is 0 Å². The highest BCUT2D eigenvalue weighted by Crippen LogP contribution is 2.24. The summed E-state index contributed by atoms with van der Waals surface area (Å²) in [5.74, 6) is 0. The first-order valence-electron chi connectivity index (χ1n) is 6.94. The van der Waals surface area contributed by atoms with Gasteiger partial charge in [-0.1, -0.05) is 47.5 Å². The minimum absolute atomic E-state index is 0.681. The van der Waals surface area contributed by atoms with Gasteiger partial charge in [-0.3, -0.25) is 0 Å². The van der Waals surface area contributed by atoms with Gasteiger partial charge in [-0.25, -0.2) is 0 Å². The number of hydrogen-bond acceptors (Lipinski definition) is 1. The Labute approximate surface area is 134 Å². The smallest absolute Gasteiger partial charge is 0.0465 e. The summed E-state index contributed by atoms with van der Waals surface area (Å²) in [7, 11) is 0. The zero-order chi connectivity index (χ0) is 14.7. The van der Waals surface area contributed by atoms with Gasteiger partial charge in [0.2, 0.25) is 0 Å². The number of aromatic nitrogens is 1. The van der Waals surface area contributed by atoms with Crippen LogP contribution in [0.15, 0.2) is 48.7 Å². The average molecular weight is 319 g/mol. The predicted octanol–water partition coefficient (Wildman–Crippen LogP) is 4.81. The van der Waals surface area contributed by atoms with Crippen molar-refractivity contribution in [2.45, 2.75) is 13.0 Å². The van der Waals surface area contributed by atoms with Gasteiger partial charge >= 0.3 is 0 Å². The fourth-order valence-electron chi connectivity index (χ4n) is 2.48. The molecule has 0 saturated heterocycles. The number of rotatable bonds is 5. The lowest BCUT2D eigenvalue weighted by atomic mass is 10.1. The Hall–Kier alpha value is -1.48. The monoisotopic (exact) mass is 318 g/mol. The summed E-state index contributed by atoms with van der Waals surface area (Å²) in [4.78, 5) is 3.29. The molecular weight excluding hydrogens is 303 g/mol. The van der Waals surface area contributed by atoms with Crippen LogP contribution in [0.5, 0.6) is 0 Å². The largest absolute Gasteiger partial charge is 0.361 e. The highest BCUT2D eigenvalue weighted by molar-refractivity contribution is 6.35. The number of aromatic amines is 1. The summed E-state index contributed by atoms with van der Waals surface area (Å²) >= 11 is 12.3. The molecule has 108 valence electrons. The third-order valence-electron chi connectivity index (χ3n) is 3.61.